The van der Waals surface area contributed by atoms with Gasteiger partial charge in [-0.2, -0.15) is 5.10 Å². The molecule has 200 valence electrons. The molecule has 40 heavy (non-hydrogen) atoms. The lowest BCUT2D eigenvalue weighted by molar-refractivity contribution is -0.130. The molecule has 1 aliphatic heterocycles. The predicted molar refractivity (Wildman–Crippen MR) is 148 cm³/mol. The van der Waals surface area contributed by atoms with Crippen molar-refractivity contribution in [1.29, 1.82) is 0 Å². The number of carbonyl (C=O) groups is 1. The summed E-state index contributed by atoms with van der Waals surface area (Å²) < 4.78 is 22.6. The Morgan fingerprint density at radius 1 is 1.18 bits per heavy atom. The minimum absolute atomic E-state index is 0.00105. The van der Waals surface area contributed by atoms with E-state index in [1.165, 1.54) is 30.9 Å². The van der Waals surface area contributed by atoms with E-state index in [-0.39, 0.29) is 33.6 Å². The van der Waals surface area contributed by atoms with Crippen LogP contribution in [0.2, 0.25) is 5.02 Å². The summed E-state index contributed by atoms with van der Waals surface area (Å²) in [5.41, 5.74) is 1.80. The Balaban J connectivity index is 1.13. The SMILES string of the molecule is C=CC(=O)C1CCC12CN(c1ccc3ncnc(Nc4cc(Cl)c(Oc5ccn6ncnc6c5)cc4F)c3n1)C2. The van der Waals surface area contributed by atoms with Gasteiger partial charge in [0.05, 0.1) is 16.2 Å². The average Bonchev–Trinajstić information content (AvgIpc) is 3.38. The molecule has 0 amide bonds. The van der Waals surface area contributed by atoms with Crippen LogP contribution < -0.4 is 15.0 Å². The number of benzene rings is 1. The van der Waals surface area contributed by atoms with Crippen LogP contribution in [0.4, 0.5) is 21.7 Å². The van der Waals surface area contributed by atoms with E-state index in [0.29, 0.717) is 28.2 Å². The van der Waals surface area contributed by atoms with Gasteiger partial charge in [-0.15, -0.1) is 0 Å². The maximum atomic E-state index is 15.2. The van der Waals surface area contributed by atoms with Crippen molar-refractivity contribution in [2.24, 2.45) is 11.3 Å². The topological polar surface area (TPSA) is 110 Å². The number of nitrogens with zero attached hydrogens (tertiary/aromatic N) is 7. The van der Waals surface area contributed by atoms with E-state index in [9.17, 15) is 4.79 Å². The van der Waals surface area contributed by atoms with E-state index in [1.54, 1.807) is 22.8 Å². The molecule has 1 atom stereocenters. The van der Waals surface area contributed by atoms with Gasteiger partial charge in [-0.05, 0) is 43.2 Å². The maximum Gasteiger partial charge on any atom is 0.160 e. The summed E-state index contributed by atoms with van der Waals surface area (Å²) in [5.74, 6) is 1.25. The Bertz CT molecular complexity index is 1820. The number of pyridine rings is 2. The van der Waals surface area contributed by atoms with Crippen molar-refractivity contribution in [3.63, 3.8) is 0 Å². The summed E-state index contributed by atoms with van der Waals surface area (Å²) in [6.07, 6.45) is 7.86. The van der Waals surface area contributed by atoms with Crippen LogP contribution >= 0.6 is 11.6 Å². The van der Waals surface area contributed by atoms with Crippen LogP contribution in [0, 0.1) is 17.2 Å². The number of aromatic nitrogens is 6. The first-order valence-electron chi connectivity index (χ1n) is 12.7. The number of nitrogens with one attached hydrogen (secondary N) is 1. The second-order valence-corrected chi connectivity index (χ2v) is 10.5. The van der Waals surface area contributed by atoms with Crippen LogP contribution in [0.25, 0.3) is 16.7 Å². The smallest absolute Gasteiger partial charge is 0.160 e. The highest BCUT2D eigenvalue weighted by molar-refractivity contribution is 6.32. The van der Waals surface area contributed by atoms with Gasteiger partial charge >= 0.3 is 0 Å². The molecule has 1 aromatic carbocycles. The van der Waals surface area contributed by atoms with Crippen molar-refractivity contribution in [1.82, 2.24) is 29.5 Å². The molecule has 2 aliphatic rings. The van der Waals surface area contributed by atoms with Gasteiger partial charge in [-0.3, -0.25) is 4.79 Å². The summed E-state index contributed by atoms with van der Waals surface area (Å²) >= 11 is 6.47. The second-order valence-electron chi connectivity index (χ2n) is 10.1. The lowest BCUT2D eigenvalue weighted by Gasteiger charge is -2.60. The third-order valence-electron chi connectivity index (χ3n) is 7.77. The fraction of sp³-hybridized carbons (Fsp3) is 0.214. The molecule has 1 N–H and O–H groups in total. The zero-order chi connectivity index (χ0) is 27.4. The summed E-state index contributed by atoms with van der Waals surface area (Å²) in [4.78, 5) is 31.9. The first-order valence-corrected chi connectivity index (χ1v) is 13.1. The van der Waals surface area contributed by atoms with E-state index in [4.69, 9.17) is 21.3 Å². The van der Waals surface area contributed by atoms with Gasteiger partial charge in [0.2, 0.25) is 0 Å². The zero-order valence-electron chi connectivity index (χ0n) is 21.1. The Morgan fingerprint density at radius 2 is 2.05 bits per heavy atom. The number of ketones is 1. The van der Waals surface area contributed by atoms with Crippen molar-refractivity contribution in [3.8, 4) is 11.5 Å². The van der Waals surface area contributed by atoms with E-state index in [1.807, 2.05) is 12.1 Å². The Kier molecular flexibility index (Phi) is 5.63. The van der Waals surface area contributed by atoms with Crippen LogP contribution in [0.3, 0.4) is 0 Å². The zero-order valence-corrected chi connectivity index (χ0v) is 21.8. The molecule has 5 heterocycles. The molecule has 1 spiro atoms. The normalized spacial score (nSPS) is 17.4. The summed E-state index contributed by atoms with van der Waals surface area (Å²) in [6.45, 7) is 5.15. The molecular weight excluding hydrogens is 535 g/mol. The number of rotatable bonds is 7. The van der Waals surface area contributed by atoms with Gasteiger partial charge in [0.25, 0.3) is 0 Å². The van der Waals surface area contributed by atoms with Crippen molar-refractivity contribution in [3.05, 3.63) is 78.7 Å². The van der Waals surface area contributed by atoms with E-state index < -0.39 is 5.82 Å². The molecule has 1 saturated heterocycles. The minimum Gasteiger partial charge on any atom is -0.455 e. The quantitative estimate of drug-likeness (QED) is 0.265. The lowest BCUT2D eigenvalue weighted by Crippen LogP contribution is -2.66. The van der Waals surface area contributed by atoms with Gasteiger partial charge in [0, 0.05) is 42.8 Å². The average molecular weight is 557 g/mol. The van der Waals surface area contributed by atoms with E-state index in [2.05, 4.69) is 36.8 Å². The van der Waals surface area contributed by atoms with Crippen molar-refractivity contribution >= 4 is 51.4 Å². The molecule has 0 bridgehead atoms. The second kappa shape index (κ2) is 9.23. The van der Waals surface area contributed by atoms with Gasteiger partial charge in [-0.1, -0.05) is 18.2 Å². The number of hydrogen-bond donors (Lipinski definition) is 1. The van der Waals surface area contributed by atoms with Gasteiger partial charge in [-0.25, -0.2) is 28.8 Å². The number of halogens is 2. The number of ether oxygens (including phenoxy) is 1. The Labute approximate surface area is 232 Å². The van der Waals surface area contributed by atoms with Crippen molar-refractivity contribution in [2.45, 2.75) is 12.8 Å². The molecule has 5 aromatic rings. The van der Waals surface area contributed by atoms with E-state index in [0.717, 1.165) is 31.7 Å². The first-order chi connectivity index (χ1) is 19.4. The molecule has 1 aliphatic carbocycles. The molecule has 2 fully saturated rings. The number of carbonyl (C=O) groups excluding carboxylic acids is 1. The summed E-state index contributed by atoms with van der Waals surface area (Å²) in [6, 6.07) is 9.75. The number of fused-ring (bicyclic) bond motifs is 2. The van der Waals surface area contributed by atoms with Crippen molar-refractivity contribution in [2.75, 3.05) is 23.3 Å². The van der Waals surface area contributed by atoms with Crippen LogP contribution in [0.1, 0.15) is 12.8 Å². The van der Waals surface area contributed by atoms with Gasteiger partial charge < -0.3 is 15.0 Å². The van der Waals surface area contributed by atoms with E-state index >= 15 is 4.39 Å². The predicted octanol–water partition coefficient (Wildman–Crippen LogP) is 5.37. The summed E-state index contributed by atoms with van der Waals surface area (Å²) in [5, 5.41) is 7.26. The Morgan fingerprint density at radius 3 is 2.85 bits per heavy atom. The fourth-order valence-electron chi connectivity index (χ4n) is 5.55. The standard InChI is InChI=1S/C28H22ClFN8O2/c1-2-22(39)17-5-7-28(17)12-37(13-28)24-4-3-20-26(36-24)27(33-14-31-20)35-21-10-18(29)23(11-19(21)30)40-16-6-8-38-25(9-16)32-15-34-38/h2-4,6,8-11,14-15,17H,1,5,7,12-13H2,(H,31,33,35). The molecule has 12 heteroatoms. The molecule has 1 saturated carbocycles. The highest BCUT2D eigenvalue weighted by Gasteiger charge is 2.57. The molecular formula is C28H22ClFN8O2. The van der Waals surface area contributed by atoms with Crippen LogP contribution in [-0.4, -0.2) is 48.4 Å². The third-order valence-corrected chi connectivity index (χ3v) is 8.07. The monoisotopic (exact) mass is 556 g/mol. The number of hydrogen-bond acceptors (Lipinski definition) is 9. The molecule has 0 radical (unpaired) electrons. The third kappa shape index (κ3) is 4.01. The lowest BCUT2D eigenvalue weighted by atomic mass is 9.54. The van der Waals surface area contributed by atoms with Gasteiger partial charge in [0.15, 0.2) is 17.2 Å². The minimum atomic E-state index is -0.585. The molecule has 1 unspecified atom stereocenters. The van der Waals surface area contributed by atoms with Crippen molar-refractivity contribution < 1.29 is 13.9 Å². The number of anilines is 3. The fourth-order valence-corrected chi connectivity index (χ4v) is 5.75. The van der Waals surface area contributed by atoms with Crippen LogP contribution in [0.5, 0.6) is 11.5 Å². The summed E-state index contributed by atoms with van der Waals surface area (Å²) in [7, 11) is 0. The molecule has 4 aromatic heterocycles. The Hall–Kier alpha value is -4.64. The maximum absolute atomic E-state index is 15.2. The first kappa shape index (κ1) is 24.4. The largest absolute Gasteiger partial charge is 0.455 e. The number of allylic oxidation sites excluding steroid dienone is 1. The van der Waals surface area contributed by atoms with Gasteiger partial charge in [0.1, 0.15) is 41.3 Å². The molecule has 7 rings (SSSR count). The van der Waals surface area contributed by atoms with Crippen LogP contribution in [-0.2, 0) is 4.79 Å². The molecule has 10 nitrogen and oxygen atoms in total. The van der Waals surface area contributed by atoms with Crippen LogP contribution in [0.15, 0.2) is 67.9 Å². The highest BCUT2D eigenvalue weighted by Crippen LogP contribution is 2.54. The highest BCUT2D eigenvalue weighted by atomic mass is 35.5.